The molecule has 0 aliphatic rings. The SMILES string of the molecule is O=S(=O)([O-])c1ccc(F)cc1F.c1ccc([S+](c2ccccc2)c2ccccc2)cc1. The van der Waals surface area contributed by atoms with Gasteiger partial charge in [-0.2, -0.15) is 0 Å². The number of rotatable bonds is 4. The van der Waals surface area contributed by atoms with E-state index < -0.39 is 26.6 Å². The van der Waals surface area contributed by atoms with Gasteiger partial charge in [0.05, 0.1) is 15.8 Å². The van der Waals surface area contributed by atoms with Crippen LogP contribution in [0, 0.1) is 11.6 Å². The van der Waals surface area contributed by atoms with Gasteiger partial charge in [0, 0.05) is 6.07 Å². The Hall–Kier alpha value is -3.00. The molecule has 158 valence electrons. The van der Waals surface area contributed by atoms with Crippen LogP contribution in [0.1, 0.15) is 0 Å². The highest BCUT2D eigenvalue weighted by atomic mass is 32.2. The molecule has 0 radical (unpaired) electrons. The van der Waals surface area contributed by atoms with E-state index in [1.165, 1.54) is 14.7 Å². The highest BCUT2D eigenvalue weighted by Crippen LogP contribution is 2.30. The van der Waals surface area contributed by atoms with E-state index in [-0.39, 0.29) is 10.9 Å². The topological polar surface area (TPSA) is 57.2 Å². The molecule has 0 spiro atoms. The summed E-state index contributed by atoms with van der Waals surface area (Å²) < 4.78 is 55.5. The summed E-state index contributed by atoms with van der Waals surface area (Å²) in [4.78, 5) is 3.05. The fourth-order valence-electron chi connectivity index (χ4n) is 2.76. The summed E-state index contributed by atoms with van der Waals surface area (Å²) in [6.45, 7) is 0. The Balaban J connectivity index is 0.000000196. The summed E-state index contributed by atoms with van der Waals surface area (Å²) >= 11 is 0. The molecular formula is C24H18F2O3S2. The van der Waals surface area contributed by atoms with Gasteiger partial charge in [-0.15, -0.1) is 0 Å². The molecule has 0 bridgehead atoms. The fourth-order valence-corrected chi connectivity index (χ4v) is 5.39. The van der Waals surface area contributed by atoms with Gasteiger partial charge in [0.2, 0.25) is 0 Å². The van der Waals surface area contributed by atoms with E-state index in [1.54, 1.807) is 0 Å². The lowest BCUT2D eigenvalue weighted by Crippen LogP contribution is -2.04. The molecule has 7 heteroatoms. The van der Waals surface area contributed by atoms with Crippen molar-refractivity contribution < 1.29 is 21.8 Å². The molecule has 4 rings (SSSR count). The van der Waals surface area contributed by atoms with Crippen molar-refractivity contribution in [3.05, 3.63) is 121 Å². The minimum Gasteiger partial charge on any atom is -0.744 e. The van der Waals surface area contributed by atoms with E-state index in [9.17, 15) is 21.8 Å². The molecule has 0 aliphatic heterocycles. The van der Waals surface area contributed by atoms with Gasteiger partial charge < -0.3 is 4.55 Å². The van der Waals surface area contributed by atoms with Gasteiger partial charge >= 0.3 is 0 Å². The van der Waals surface area contributed by atoms with Gasteiger partial charge in [-0.1, -0.05) is 54.6 Å². The third-order valence-corrected chi connectivity index (χ3v) is 7.20. The molecule has 0 heterocycles. The molecule has 0 unspecified atom stereocenters. The maximum atomic E-state index is 12.5. The summed E-state index contributed by atoms with van der Waals surface area (Å²) in [6, 6.07) is 33.8. The minimum absolute atomic E-state index is 0.0146. The molecule has 3 nitrogen and oxygen atoms in total. The van der Waals surface area contributed by atoms with Crippen molar-refractivity contribution in [2.24, 2.45) is 0 Å². The first-order chi connectivity index (χ1) is 14.9. The molecule has 4 aromatic carbocycles. The Bertz CT molecular complexity index is 1120. The normalized spacial score (nSPS) is 11.0. The van der Waals surface area contributed by atoms with Crippen LogP contribution in [-0.2, 0) is 21.0 Å². The zero-order valence-electron chi connectivity index (χ0n) is 16.2. The Morgan fingerprint density at radius 3 is 1.32 bits per heavy atom. The molecule has 0 aromatic heterocycles. The second-order valence-corrected chi connectivity index (χ2v) is 9.65. The van der Waals surface area contributed by atoms with Crippen LogP contribution in [0.4, 0.5) is 8.78 Å². The van der Waals surface area contributed by atoms with E-state index in [1.807, 2.05) is 0 Å². The van der Waals surface area contributed by atoms with Crippen LogP contribution < -0.4 is 0 Å². The smallest absolute Gasteiger partial charge is 0.166 e. The maximum Gasteiger partial charge on any atom is 0.166 e. The summed E-state index contributed by atoms with van der Waals surface area (Å²) in [5, 5.41) is 0. The van der Waals surface area contributed by atoms with Crippen LogP contribution in [0.3, 0.4) is 0 Å². The van der Waals surface area contributed by atoms with Crippen LogP contribution in [-0.4, -0.2) is 13.0 Å². The van der Waals surface area contributed by atoms with E-state index in [2.05, 4.69) is 91.0 Å². The van der Waals surface area contributed by atoms with Crippen LogP contribution in [0.25, 0.3) is 0 Å². The molecule has 0 saturated carbocycles. The highest BCUT2D eigenvalue weighted by molar-refractivity contribution is 7.97. The lowest BCUT2D eigenvalue weighted by atomic mass is 10.3. The van der Waals surface area contributed by atoms with E-state index in [0.717, 1.165) is 0 Å². The van der Waals surface area contributed by atoms with Crippen molar-refractivity contribution in [3.8, 4) is 0 Å². The first-order valence-corrected chi connectivity index (χ1v) is 11.8. The standard InChI is InChI=1S/C18H15S.C6H4F2O3S/c1-4-10-16(11-5-1)19(17-12-6-2-7-13-17)18-14-8-3-9-15-18;7-4-1-2-6(5(8)3-4)12(9,10)11/h1-15H;1-3H,(H,9,10,11)/q+1;/p-1. The van der Waals surface area contributed by atoms with Crippen molar-refractivity contribution in [1.29, 1.82) is 0 Å². The molecule has 0 aliphatic carbocycles. The monoisotopic (exact) mass is 456 g/mol. The van der Waals surface area contributed by atoms with E-state index in [4.69, 9.17) is 0 Å². The van der Waals surface area contributed by atoms with Gasteiger partial charge in [-0.05, 0) is 48.5 Å². The number of hydrogen-bond donors (Lipinski definition) is 0. The lowest BCUT2D eigenvalue weighted by Gasteiger charge is -2.07. The Labute approximate surface area is 183 Å². The lowest BCUT2D eigenvalue weighted by molar-refractivity contribution is 0.453. The largest absolute Gasteiger partial charge is 0.744 e. The summed E-state index contributed by atoms with van der Waals surface area (Å²) in [5.74, 6) is -2.30. The second-order valence-electron chi connectivity index (χ2n) is 6.27. The van der Waals surface area contributed by atoms with Crippen molar-refractivity contribution in [2.75, 3.05) is 0 Å². The molecule has 0 amide bonds. The zero-order valence-corrected chi connectivity index (χ0v) is 17.8. The molecular weight excluding hydrogens is 438 g/mol. The third-order valence-electron chi connectivity index (χ3n) is 4.10. The molecule has 31 heavy (non-hydrogen) atoms. The molecule has 4 aromatic rings. The predicted molar refractivity (Wildman–Crippen MR) is 116 cm³/mol. The summed E-state index contributed by atoms with van der Waals surface area (Å²) in [7, 11) is -4.86. The van der Waals surface area contributed by atoms with E-state index >= 15 is 0 Å². The van der Waals surface area contributed by atoms with E-state index in [0.29, 0.717) is 18.2 Å². The fraction of sp³-hybridized carbons (Fsp3) is 0. The van der Waals surface area contributed by atoms with Gasteiger partial charge in [0.15, 0.2) is 14.7 Å². The molecule has 0 atom stereocenters. The van der Waals surface area contributed by atoms with Gasteiger partial charge in [0.1, 0.15) is 21.8 Å². The zero-order chi connectivity index (χ0) is 22.3. The number of halogens is 2. The maximum absolute atomic E-state index is 12.5. The quantitative estimate of drug-likeness (QED) is 0.295. The Kier molecular flexibility index (Phi) is 7.57. The predicted octanol–water partition coefficient (Wildman–Crippen LogP) is 5.65. The molecule has 0 saturated heterocycles. The van der Waals surface area contributed by atoms with Crippen molar-refractivity contribution in [1.82, 2.24) is 0 Å². The van der Waals surface area contributed by atoms with Crippen molar-refractivity contribution in [3.63, 3.8) is 0 Å². The van der Waals surface area contributed by atoms with Gasteiger partial charge in [-0.25, -0.2) is 17.2 Å². The summed E-state index contributed by atoms with van der Waals surface area (Å²) in [5.41, 5.74) is 0. The molecule has 0 N–H and O–H groups in total. The van der Waals surface area contributed by atoms with Crippen LogP contribution in [0.2, 0.25) is 0 Å². The first kappa shape index (κ1) is 22.7. The van der Waals surface area contributed by atoms with Crippen LogP contribution in [0.15, 0.2) is 129 Å². The third kappa shape index (κ3) is 6.24. The summed E-state index contributed by atoms with van der Waals surface area (Å²) in [6.07, 6.45) is 0. The average Bonchev–Trinajstić information content (AvgIpc) is 2.76. The van der Waals surface area contributed by atoms with Gasteiger partial charge in [0.25, 0.3) is 0 Å². The first-order valence-electron chi connectivity index (χ1n) is 9.16. The van der Waals surface area contributed by atoms with Crippen molar-refractivity contribution in [2.45, 2.75) is 19.6 Å². The van der Waals surface area contributed by atoms with Crippen LogP contribution in [0.5, 0.6) is 0 Å². The highest BCUT2D eigenvalue weighted by Gasteiger charge is 2.27. The minimum atomic E-state index is -4.84. The Morgan fingerprint density at radius 1 is 0.613 bits per heavy atom. The Morgan fingerprint density at radius 2 is 1.00 bits per heavy atom. The second kappa shape index (κ2) is 10.3. The average molecular weight is 457 g/mol. The van der Waals surface area contributed by atoms with Crippen molar-refractivity contribution >= 4 is 21.0 Å². The van der Waals surface area contributed by atoms with Gasteiger partial charge in [-0.3, -0.25) is 0 Å². The molecule has 0 fully saturated rings. The number of benzene rings is 4. The van der Waals surface area contributed by atoms with Crippen LogP contribution >= 0.6 is 0 Å². The number of hydrogen-bond acceptors (Lipinski definition) is 3.